The number of carbonyl (C=O) groups is 2. The summed E-state index contributed by atoms with van der Waals surface area (Å²) in [6.45, 7) is 7.38. The highest BCUT2D eigenvalue weighted by Crippen LogP contribution is 2.37. The Labute approximate surface area is 162 Å². The average Bonchev–Trinajstić information content (AvgIpc) is 2.69. The lowest BCUT2D eigenvalue weighted by Crippen LogP contribution is -2.55. The van der Waals surface area contributed by atoms with E-state index >= 15 is 0 Å². The Bertz CT molecular complexity index is 640. The van der Waals surface area contributed by atoms with E-state index in [2.05, 4.69) is 17.0 Å². The maximum Gasteiger partial charge on any atom is 0.313 e. The highest BCUT2D eigenvalue weighted by atomic mass is 16.5. The third kappa shape index (κ3) is 4.70. The zero-order chi connectivity index (χ0) is 19.3. The Morgan fingerprint density at radius 2 is 1.85 bits per heavy atom. The third-order valence-corrected chi connectivity index (χ3v) is 6.13. The molecular formula is C22H32N2O3. The molecule has 0 unspecified atom stereocenters. The summed E-state index contributed by atoms with van der Waals surface area (Å²) in [7, 11) is 0. The molecule has 5 heteroatoms. The summed E-state index contributed by atoms with van der Waals surface area (Å²) >= 11 is 0. The predicted octanol–water partition coefficient (Wildman–Crippen LogP) is 2.89. The van der Waals surface area contributed by atoms with Crippen molar-refractivity contribution in [2.45, 2.75) is 52.0 Å². The molecule has 0 bridgehead atoms. The molecule has 148 valence electrons. The Morgan fingerprint density at radius 1 is 1.15 bits per heavy atom. The van der Waals surface area contributed by atoms with Gasteiger partial charge in [0.2, 0.25) is 5.91 Å². The molecular weight excluding hydrogens is 340 g/mol. The monoisotopic (exact) mass is 372 g/mol. The summed E-state index contributed by atoms with van der Waals surface area (Å²) in [4.78, 5) is 29.0. The van der Waals surface area contributed by atoms with Crippen molar-refractivity contribution in [2.75, 3.05) is 32.8 Å². The second-order valence-corrected chi connectivity index (χ2v) is 7.97. The van der Waals surface area contributed by atoms with Crippen molar-refractivity contribution < 1.29 is 14.3 Å². The quantitative estimate of drug-likeness (QED) is 0.746. The molecule has 3 rings (SSSR count). The van der Waals surface area contributed by atoms with Crippen LogP contribution in [0.4, 0.5) is 0 Å². The van der Waals surface area contributed by atoms with Gasteiger partial charge in [0, 0.05) is 32.6 Å². The van der Waals surface area contributed by atoms with Crippen LogP contribution in [0.1, 0.15) is 45.1 Å². The van der Waals surface area contributed by atoms with Gasteiger partial charge in [-0.3, -0.25) is 14.5 Å². The van der Waals surface area contributed by atoms with Gasteiger partial charge in [-0.2, -0.15) is 0 Å². The van der Waals surface area contributed by atoms with Crippen LogP contribution in [0.3, 0.4) is 0 Å². The van der Waals surface area contributed by atoms with E-state index < -0.39 is 5.41 Å². The Balaban J connectivity index is 1.73. The van der Waals surface area contributed by atoms with E-state index in [9.17, 15) is 9.59 Å². The minimum atomic E-state index is -0.465. The topological polar surface area (TPSA) is 49.9 Å². The lowest BCUT2D eigenvalue weighted by molar-refractivity contribution is -0.160. The lowest BCUT2D eigenvalue weighted by atomic mass is 9.74. The van der Waals surface area contributed by atoms with Crippen molar-refractivity contribution in [1.29, 1.82) is 0 Å². The fraction of sp³-hybridized carbons (Fsp3) is 0.636. The fourth-order valence-electron chi connectivity index (χ4n) is 4.68. The van der Waals surface area contributed by atoms with Gasteiger partial charge in [0.15, 0.2) is 0 Å². The van der Waals surface area contributed by atoms with Gasteiger partial charge in [-0.1, -0.05) is 30.3 Å². The summed E-state index contributed by atoms with van der Waals surface area (Å²) in [6, 6.07) is 10.7. The summed E-state index contributed by atoms with van der Waals surface area (Å²) in [5, 5.41) is 0. The lowest BCUT2D eigenvalue weighted by Gasteiger charge is -2.46. The normalized spacial score (nSPS) is 24.6. The summed E-state index contributed by atoms with van der Waals surface area (Å²) < 4.78 is 5.52. The van der Waals surface area contributed by atoms with Gasteiger partial charge >= 0.3 is 5.97 Å². The minimum Gasteiger partial charge on any atom is -0.466 e. The summed E-state index contributed by atoms with van der Waals surface area (Å²) in [6.07, 6.45) is 4.60. The molecule has 1 amide bonds. The zero-order valence-corrected chi connectivity index (χ0v) is 16.7. The molecule has 2 saturated heterocycles. The smallest absolute Gasteiger partial charge is 0.313 e. The largest absolute Gasteiger partial charge is 0.466 e. The van der Waals surface area contributed by atoms with E-state index in [0.29, 0.717) is 12.6 Å². The van der Waals surface area contributed by atoms with Crippen LogP contribution in [0.5, 0.6) is 0 Å². The van der Waals surface area contributed by atoms with E-state index in [1.165, 1.54) is 5.56 Å². The number of likely N-dealkylation sites (tertiary alicyclic amines) is 2. The molecule has 0 aliphatic carbocycles. The maximum atomic E-state index is 13.0. The number of esters is 1. The molecule has 1 aromatic carbocycles. The number of amides is 1. The number of hydrogen-bond acceptors (Lipinski definition) is 4. The van der Waals surface area contributed by atoms with Gasteiger partial charge in [-0.05, 0) is 51.1 Å². The number of nitrogens with zero attached hydrogens (tertiary/aromatic N) is 2. The first-order valence-corrected chi connectivity index (χ1v) is 10.2. The van der Waals surface area contributed by atoms with Crippen molar-refractivity contribution in [3.63, 3.8) is 0 Å². The highest BCUT2D eigenvalue weighted by Gasteiger charge is 2.45. The second kappa shape index (κ2) is 8.87. The number of piperidine rings is 2. The number of carbonyl (C=O) groups excluding carboxylic acids is 2. The van der Waals surface area contributed by atoms with Gasteiger partial charge in [0.25, 0.3) is 0 Å². The van der Waals surface area contributed by atoms with Gasteiger partial charge in [0.1, 0.15) is 0 Å². The van der Waals surface area contributed by atoms with E-state index in [-0.39, 0.29) is 11.9 Å². The number of hydrogen-bond donors (Lipinski definition) is 0. The summed E-state index contributed by atoms with van der Waals surface area (Å²) in [5.41, 5.74) is 0.728. The molecule has 0 N–H and O–H groups in total. The molecule has 2 aliphatic heterocycles. The average molecular weight is 373 g/mol. The van der Waals surface area contributed by atoms with E-state index in [1.54, 1.807) is 6.92 Å². The molecule has 1 aromatic rings. The van der Waals surface area contributed by atoms with E-state index in [1.807, 2.05) is 30.0 Å². The van der Waals surface area contributed by atoms with Crippen molar-refractivity contribution in [2.24, 2.45) is 5.41 Å². The van der Waals surface area contributed by atoms with E-state index in [0.717, 1.165) is 58.3 Å². The van der Waals surface area contributed by atoms with Crippen LogP contribution in [-0.2, 0) is 20.7 Å². The molecule has 2 heterocycles. The molecule has 5 nitrogen and oxygen atoms in total. The predicted molar refractivity (Wildman–Crippen MR) is 105 cm³/mol. The molecule has 0 spiro atoms. The SMILES string of the molecule is CCOC(=O)[C@@]1(Cc2ccccc2)CCCN(C2CCN(C(C)=O)CC2)C1. The summed E-state index contributed by atoms with van der Waals surface area (Å²) in [5.74, 6) is 0.108. The fourth-order valence-corrected chi connectivity index (χ4v) is 4.68. The van der Waals surface area contributed by atoms with Crippen molar-refractivity contribution in [1.82, 2.24) is 9.80 Å². The van der Waals surface area contributed by atoms with Gasteiger partial charge in [0.05, 0.1) is 12.0 Å². The first-order chi connectivity index (χ1) is 13.0. The van der Waals surface area contributed by atoms with Crippen LogP contribution in [0.25, 0.3) is 0 Å². The Hall–Kier alpha value is -1.88. The van der Waals surface area contributed by atoms with Gasteiger partial charge < -0.3 is 9.64 Å². The molecule has 2 aliphatic rings. The van der Waals surface area contributed by atoms with Crippen LogP contribution in [0, 0.1) is 5.41 Å². The van der Waals surface area contributed by atoms with Crippen LogP contribution in [-0.4, -0.2) is 60.5 Å². The Morgan fingerprint density at radius 3 is 2.48 bits per heavy atom. The standard InChI is InChI=1S/C22H32N2O3/c1-3-27-21(26)22(16-19-8-5-4-6-9-19)12-7-13-24(17-22)20-10-14-23(15-11-20)18(2)25/h4-6,8-9,20H,3,7,10-17H2,1-2H3/t22-/m1/s1. The number of benzene rings is 1. The molecule has 0 radical (unpaired) electrons. The van der Waals surface area contributed by atoms with Crippen LogP contribution in [0.2, 0.25) is 0 Å². The van der Waals surface area contributed by atoms with Crippen LogP contribution >= 0.6 is 0 Å². The molecule has 27 heavy (non-hydrogen) atoms. The number of rotatable bonds is 5. The minimum absolute atomic E-state index is 0.0558. The van der Waals surface area contributed by atoms with Crippen LogP contribution < -0.4 is 0 Å². The second-order valence-electron chi connectivity index (χ2n) is 7.97. The first-order valence-electron chi connectivity index (χ1n) is 10.2. The third-order valence-electron chi connectivity index (χ3n) is 6.13. The van der Waals surface area contributed by atoms with Gasteiger partial charge in [-0.25, -0.2) is 0 Å². The van der Waals surface area contributed by atoms with Crippen molar-refractivity contribution in [3.8, 4) is 0 Å². The molecule has 2 fully saturated rings. The van der Waals surface area contributed by atoms with Crippen molar-refractivity contribution in [3.05, 3.63) is 35.9 Å². The van der Waals surface area contributed by atoms with Gasteiger partial charge in [-0.15, -0.1) is 0 Å². The maximum absolute atomic E-state index is 13.0. The van der Waals surface area contributed by atoms with E-state index in [4.69, 9.17) is 4.74 Å². The molecule has 1 atom stereocenters. The zero-order valence-electron chi connectivity index (χ0n) is 16.7. The number of ether oxygens (including phenoxy) is 1. The van der Waals surface area contributed by atoms with Crippen molar-refractivity contribution >= 4 is 11.9 Å². The molecule has 0 saturated carbocycles. The Kier molecular flexibility index (Phi) is 6.53. The molecule has 0 aromatic heterocycles. The van der Waals surface area contributed by atoms with Crippen LogP contribution in [0.15, 0.2) is 30.3 Å². The highest BCUT2D eigenvalue weighted by molar-refractivity contribution is 5.78. The first kappa shape index (κ1) is 19.9.